The average Bonchev–Trinajstić information content (AvgIpc) is 3.48. The first-order chi connectivity index (χ1) is 20.2. The number of hydrogen-bond acceptors (Lipinski definition) is 1. The third kappa shape index (κ3) is 5.79. The van der Waals surface area contributed by atoms with Crippen LogP contribution in [0.4, 0.5) is 0 Å². The van der Waals surface area contributed by atoms with E-state index in [4.69, 9.17) is 4.98 Å². The van der Waals surface area contributed by atoms with E-state index >= 15 is 0 Å². The summed E-state index contributed by atoms with van der Waals surface area (Å²) in [5.74, 6) is 0. The molecule has 0 aliphatic rings. The molecule has 0 saturated carbocycles. The predicted octanol–water partition coefficient (Wildman–Crippen LogP) is 5.16. The Morgan fingerprint density at radius 2 is 1.17 bits per heavy atom. The van der Waals surface area contributed by atoms with E-state index in [-0.39, 0.29) is 0 Å². The van der Waals surface area contributed by atoms with Crippen molar-refractivity contribution < 1.29 is 0 Å². The van der Waals surface area contributed by atoms with Crippen LogP contribution in [0.3, 0.4) is 0 Å². The lowest BCUT2D eigenvalue weighted by Gasteiger charge is -2.34. The number of benzene rings is 5. The minimum Gasteiger partial charge on any atom is -0.345 e. The molecule has 0 spiro atoms. The minimum absolute atomic E-state index is 0.744. The van der Waals surface area contributed by atoms with Gasteiger partial charge in [0.25, 0.3) is 0 Å². The van der Waals surface area contributed by atoms with Gasteiger partial charge in [0.1, 0.15) is 0 Å². The summed E-state index contributed by atoms with van der Waals surface area (Å²) in [5.41, 5.74) is 6.03. The van der Waals surface area contributed by atoms with Gasteiger partial charge in [-0.2, -0.15) is 0 Å². The number of rotatable bonds is 9. The molecule has 0 aliphatic carbocycles. The van der Waals surface area contributed by atoms with Crippen molar-refractivity contribution in [2.75, 3.05) is 0 Å². The highest BCUT2D eigenvalue weighted by molar-refractivity contribution is 7.10. The van der Waals surface area contributed by atoms with Crippen molar-refractivity contribution in [3.05, 3.63) is 175 Å². The van der Waals surface area contributed by atoms with Gasteiger partial charge in [-0.3, -0.25) is 4.98 Å². The number of hydrogen-bond donors (Lipinski definition) is 0. The maximum atomic E-state index is 4.95. The Balaban J connectivity index is 1.48. The fourth-order valence-corrected chi connectivity index (χ4v) is 10.4. The smallest absolute Gasteiger partial charge is 0.239 e. The lowest BCUT2D eigenvalue weighted by Crippen LogP contribution is -2.70. The van der Waals surface area contributed by atoms with Crippen LogP contribution in [0.25, 0.3) is 11.5 Å². The summed E-state index contributed by atoms with van der Waals surface area (Å²) in [7, 11) is -1.74. The molecular weight excluding hydrogens is 511 g/mol. The normalized spacial score (nSPS) is 11.8. The maximum absolute atomic E-state index is 4.95. The van der Waals surface area contributed by atoms with Crippen LogP contribution in [0.2, 0.25) is 0 Å². The van der Waals surface area contributed by atoms with E-state index in [1.54, 1.807) is 0 Å². The Labute approximate surface area is 244 Å². The molecule has 0 bridgehead atoms. The van der Waals surface area contributed by atoms with E-state index < -0.39 is 8.07 Å². The van der Waals surface area contributed by atoms with Crippen molar-refractivity contribution in [3.8, 4) is 0 Å². The average molecular weight is 545 g/mol. The molecular formula is C37H33BN2Si. The zero-order valence-electron chi connectivity index (χ0n) is 23.4. The zero-order valence-corrected chi connectivity index (χ0v) is 24.4. The lowest BCUT2D eigenvalue weighted by molar-refractivity contribution is 0.893. The SMILES string of the molecule is Cc1ccc([Si](Cn2ccnc2BC(=Cc2ccccc2)c2ccccc2)(c2ccccc2)c2ccccc2)cc1. The van der Waals surface area contributed by atoms with Gasteiger partial charge in [-0.1, -0.05) is 163 Å². The molecule has 6 aromatic rings. The second-order valence-corrected chi connectivity index (χ2v) is 14.5. The Morgan fingerprint density at radius 3 is 1.76 bits per heavy atom. The Bertz CT molecular complexity index is 1670. The van der Waals surface area contributed by atoms with Gasteiger partial charge < -0.3 is 4.57 Å². The van der Waals surface area contributed by atoms with Gasteiger partial charge in [0.05, 0.1) is 5.72 Å². The van der Waals surface area contributed by atoms with E-state index in [0.717, 1.165) is 19.2 Å². The zero-order chi connectivity index (χ0) is 27.9. The lowest BCUT2D eigenvalue weighted by atomic mass is 9.65. The van der Waals surface area contributed by atoms with Gasteiger partial charge in [0, 0.05) is 18.6 Å². The van der Waals surface area contributed by atoms with Crippen LogP contribution in [0.15, 0.2) is 158 Å². The maximum Gasteiger partial charge on any atom is 0.239 e. The highest BCUT2D eigenvalue weighted by atomic mass is 28.3. The Kier molecular flexibility index (Phi) is 7.93. The van der Waals surface area contributed by atoms with Crippen LogP contribution in [0.1, 0.15) is 16.7 Å². The summed E-state index contributed by atoms with van der Waals surface area (Å²) in [4.78, 5) is 4.95. The van der Waals surface area contributed by atoms with E-state index in [2.05, 4.69) is 169 Å². The van der Waals surface area contributed by atoms with Crippen molar-refractivity contribution in [2.24, 2.45) is 0 Å². The van der Waals surface area contributed by atoms with Crippen molar-refractivity contribution in [3.63, 3.8) is 0 Å². The summed E-state index contributed by atoms with van der Waals surface area (Å²) >= 11 is 0. The summed E-state index contributed by atoms with van der Waals surface area (Å²) in [6, 6.07) is 52.7. The second kappa shape index (κ2) is 12.2. The summed E-state index contributed by atoms with van der Waals surface area (Å²) < 4.78 is 2.41. The van der Waals surface area contributed by atoms with Gasteiger partial charge >= 0.3 is 0 Å². The molecule has 6 rings (SSSR count). The van der Waals surface area contributed by atoms with E-state index in [9.17, 15) is 0 Å². The van der Waals surface area contributed by atoms with Gasteiger partial charge in [-0.15, -0.1) is 0 Å². The monoisotopic (exact) mass is 544 g/mol. The van der Waals surface area contributed by atoms with Crippen molar-refractivity contribution in [2.45, 2.75) is 13.1 Å². The number of nitrogens with zero attached hydrogens (tertiary/aromatic N) is 2. The fraction of sp³-hybridized carbons (Fsp3) is 0.0541. The quantitative estimate of drug-likeness (QED) is 0.140. The summed E-state index contributed by atoms with van der Waals surface area (Å²) in [5, 5.41) is 4.21. The summed E-state index contributed by atoms with van der Waals surface area (Å²) in [6.45, 7) is 2.16. The van der Waals surface area contributed by atoms with Gasteiger partial charge in [-0.05, 0) is 33.6 Å². The summed E-state index contributed by atoms with van der Waals surface area (Å²) in [6.07, 6.45) is 7.30. The van der Waals surface area contributed by atoms with E-state index in [1.807, 2.05) is 6.20 Å². The van der Waals surface area contributed by atoms with Gasteiger partial charge in [-0.25, -0.2) is 0 Å². The van der Waals surface area contributed by atoms with Crippen LogP contribution in [-0.4, -0.2) is 24.9 Å². The standard InChI is InChI=1S/C37H33BN2Si/c1-30-22-24-35(25-23-30)41(33-18-10-4-11-19-33,34-20-12-5-13-21-34)29-40-27-26-39-37(40)38-36(32-16-8-3-9-17-32)28-31-14-6-2-7-15-31/h2-28,38H,29H2,1H3. The highest BCUT2D eigenvalue weighted by Crippen LogP contribution is 2.18. The molecule has 0 amide bonds. The molecule has 1 heterocycles. The largest absolute Gasteiger partial charge is 0.345 e. The molecule has 0 fully saturated rings. The fourth-order valence-electron chi connectivity index (χ4n) is 5.77. The predicted molar refractivity (Wildman–Crippen MR) is 178 cm³/mol. The molecule has 0 N–H and O–H groups in total. The molecule has 4 heteroatoms. The number of imidazole rings is 1. The molecule has 198 valence electrons. The molecule has 0 atom stereocenters. The first-order valence-corrected chi connectivity index (χ1v) is 16.4. The Morgan fingerprint density at radius 1 is 0.659 bits per heavy atom. The van der Waals surface area contributed by atoms with Gasteiger partial charge in [0.15, 0.2) is 8.07 Å². The molecule has 5 aromatic carbocycles. The second-order valence-electron chi connectivity index (χ2n) is 10.6. The van der Waals surface area contributed by atoms with Crippen LogP contribution >= 0.6 is 0 Å². The molecule has 0 unspecified atom stereocenters. The molecule has 0 radical (unpaired) electrons. The Hall–Kier alpha value is -4.67. The third-order valence-corrected chi connectivity index (χ3v) is 12.7. The number of aromatic nitrogens is 2. The highest BCUT2D eigenvalue weighted by Gasteiger charge is 2.40. The van der Waals surface area contributed by atoms with Crippen molar-refractivity contribution >= 4 is 48.2 Å². The topological polar surface area (TPSA) is 17.8 Å². The third-order valence-electron chi connectivity index (χ3n) is 7.92. The minimum atomic E-state index is -2.48. The van der Waals surface area contributed by atoms with Crippen molar-refractivity contribution in [1.29, 1.82) is 0 Å². The number of aryl methyl sites for hydroxylation is 1. The van der Waals surface area contributed by atoms with Crippen LogP contribution in [0.5, 0.6) is 0 Å². The first-order valence-electron chi connectivity index (χ1n) is 14.2. The van der Waals surface area contributed by atoms with Crippen LogP contribution in [0, 0.1) is 6.92 Å². The van der Waals surface area contributed by atoms with Crippen LogP contribution < -0.4 is 21.3 Å². The molecule has 2 nitrogen and oxygen atoms in total. The van der Waals surface area contributed by atoms with Crippen LogP contribution in [-0.2, 0) is 6.17 Å². The molecule has 0 aliphatic heterocycles. The molecule has 1 aromatic heterocycles. The first kappa shape index (κ1) is 26.5. The van der Waals surface area contributed by atoms with Crippen molar-refractivity contribution in [1.82, 2.24) is 9.55 Å². The molecule has 41 heavy (non-hydrogen) atoms. The molecule has 0 saturated heterocycles. The van der Waals surface area contributed by atoms with Gasteiger partial charge in [0.2, 0.25) is 7.28 Å². The van der Waals surface area contributed by atoms with E-state index in [0.29, 0.717) is 0 Å². The van der Waals surface area contributed by atoms with E-state index in [1.165, 1.54) is 37.7 Å².